The number of benzene rings is 2. The van der Waals surface area contributed by atoms with E-state index in [9.17, 15) is 0 Å². The van der Waals surface area contributed by atoms with Crippen LogP contribution in [0.15, 0.2) is 41.5 Å². The van der Waals surface area contributed by atoms with Gasteiger partial charge in [-0.15, -0.1) is 0 Å². The summed E-state index contributed by atoms with van der Waals surface area (Å²) in [5.41, 5.74) is 6.96. The van der Waals surface area contributed by atoms with Gasteiger partial charge in [-0.1, -0.05) is 32.9 Å². The van der Waals surface area contributed by atoms with Crippen molar-refractivity contribution in [3.8, 4) is 17.2 Å². The maximum Gasteiger partial charge on any atom is 0.135 e. The Morgan fingerprint density at radius 2 is 1.42 bits per heavy atom. The van der Waals surface area contributed by atoms with Gasteiger partial charge in [0.25, 0.3) is 0 Å². The van der Waals surface area contributed by atoms with Crippen molar-refractivity contribution >= 4 is 11.4 Å². The van der Waals surface area contributed by atoms with Gasteiger partial charge in [0.15, 0.2) is 0 Å². The van der Waals surface area contributed by atoms with Crippen molar-refractivity contribution in [2.75, 3.05) is 26.8 Å². The fourth-order valence-corrected chi connectivity index (χ4v) is 2.61. The Kier molecular flexibility index (Phi) is 6.14. The van der Waals surface area contributed by atoms with E-state index in [1.54, 1.807) is 21.3 Å². The van der Waals surface area contributed by atoms with E-state index in [-0.39, 0.29) is 5.41 Å². The third-order valence-corrected chi connectivity index (χ3v) is 4.18. The Morgan fingerprint density at radius 1 is 0.885 bits per heavy atom. The lowest BCUT2D eigenvalue weighted by Gasteiger charge is -2.19. The highest BCUT2D eigenvalue weighted by Crippen LogP contribution is 2.34. The minimum atomic E-state index is 0.127. The second kappa shape index (κ2) is 8.13. The molecule has 0 atom stereocenters. The van der Waals surface area contributed by atoms with E-state index in [0.29, 0.717) is 17.2 Å². The van der Waals surface area contributed by atoms with Crippen molar-refractivity contribution < 1.29 is 14.2 Å². The third-order valence-electron chi connectivity index (χ3n) is 4.18. The fraction of sp³-hybridized carbons (Fsp3) is 0.381. The molecule has 0 unspecified atom stereocenters. The van der Waals surface area contributed by atoms with Crippen molar-refractivity contribution in [3.63, 3.8) is 0 Å². The largest absolute Gasteiger partial charge is 0.496 e. The second-order valence-corrected chi connectivity index (χ2v) is 7.04. The van der Waals surface area contributed by atoms with Crippen molar-refractivity contribution in [1.82, 2.24) is 0 Å². The molecule has 5 heteroatoms. The number of methoxy groups -OCH3 is 3. The molecule has 26 heavy (non-hydrogen) atoms. The van der Waals surface area contributed by atoms with E-state index in [0.717, 1.165) is 17.0 Å². The number of ether oxygens (including phenoxy) is 3. The predicted octanol–water partition coefficient (Wildman–Crippen LogP) is 4.85. The first-order valence-electron chi connectivity index (χ1n) is 8.51. The Balaban J connectivity index is 2.29. The van der Waals surface area contributed by atoms with Gasteiger partial charge in [0.2, 0.25) is 0 Å². The van der Waals surface area contributed by atoms with Crippen LogP contribution in [0.1, 0.15) is 38.8 Å². The zero-order chi connectivity index (χ0) is 19.3. The molecule has 5 nitrogen and oxygen atoms in total. The van der Waals surface area contributed by atoms with Crippen LogP contribution < -0.4 is 19.6 Å². The normalized spacial score (nSPS) is 11.9. The van der Waals surface area contributed by atoms with Crippen LogP contribution in [0.2, 0.25) is 0 Å². The molecule has 0 spiro atoms. The molecule has 0 amide bonds. The maximum atomic E-state index is 5.49. The summed E-state index contributed by atoms with van der Waals surface area (Å²) >= 11 is 0. The molecular formula is C21H28N2O3. The van der Waals surface area contributed by atoms with Gasteiger partial charge in [-0.05, 0) is 30.0 Å². The summed E-state index contributed by atoms with van der Waals surface area (Å²) in [4.78, 5) is 0. The average Bonchev–Trinajstić information content (AvgIpc) is 2.64. The summed E-state index contributed by atoms with van der Waals surface area (Å²) in [5, 5.41) is 4.50. The summed E-state index contributed by atoms with van der Waals surface area (Å²) in [6, 6.07) is 11.9. The highest BCUT2D eigenvalue weighted by atomic mass is 16.5. The fourth-order valence-electron chi connectivity index (χ4n) is 2.61. The lowest BCUT2D eigenvalue weighted by Crippen LogP contribution is -2.10. The predicted molar refractivity (Wildman–Crippen MR) is 107 cm³/mol. The third kappa shape index (κ3) is 4.48. The zero-order valence-corrected chi connectivity index (χ0v) is 16.6. The Bertz CT molecular complexity index is 750. The van der Waals surface area contributed by atoms with Gasteiger partial charge in [-0.2, -0.15) is 5.10 Å². The lowest BCUT2D eigenvalue weighted by atomic mass is 9.87. The smallest absolute Gasteiger partial charge is 0.135 e. The quantitative estimate of drug-likeness (QED) is 0.594. The van der Waals surface area contributed by atoms with Gasteiger partial charge in [0, 0.05) is 12.1 Å². The molecule has 0 saturated heterocycles. The topological polar surface area (TPSA) is 52.1 Å². The van der Waals surface area contributed by atoms with Crippen LogP contribution in [-0.2, 0) is 5.41 Å². The SMILES string of the molecule is COc1cc(OC)c(/C(C)=N\Nc2ccc(C(C)(C)C)cc2)c(OC)c1. The van der Waals surface area contributed by atoms with Crippen LogP contribution in [0.5, 0.6) is 17.2 Å². The van der Waals surface area contributed by atoms with Crippen molar-refractivity contribution in [3.05, 3.63) is 47.5 Å². The van der Waals surface area contributed by atoms with Gasteiger partial charge < -0.3 is 14.2 Å². The van der Waals surface area contributed by atoms with Crippen molar-refractivity contribution in [1.29, 1.82) is 0 Å². The molecule has 0 aliphatic rings. The number of nitrogens with zero attached hydrogens (tertiary/aromatic N) is 1. The minimum Gasteiger partial charge on any atom is -0.496 e. The van der Waals surface area contributed by atoms with Crippen LogP contribution >= 0.6 is 0 Å². The highest BCUT2D eigenvalue weighted by Gasteiger charge is 2.16. The van der Waals surface area contributed by atoms with Crippen molar-refractivity contribution in [2.24, 2.45) is 5.10 Å². The summed E-state index contributed by atoms with van der Waals surface area (Å²) in [6.45, 7) is 8.49. The van der Waals surface area contributed by atoms with Crippen molar-refractivity contribution in [2.45, 2.75) is 33.1 Å². The molecular weight excluding hydrogens is 328 g/mol. The van der Waals surface area contributed by atoms with Gasteiger partial charge in [0.05, 0.1) is 38.3 Å². The molecule has 0 fully saturated rings. The van der Waals surface area contributed by atoms with Crippen LogP contribution in [0.3, 0.4) is 0 Å². The Hall–Kier alpha value is -2.69. The molecule has 0 heterocycles. The second-order valence-electron chi connectivity index (χ2n) is 7.04. The van der Waals surface area contributed by atoms with Gasteiger partial charge in [-0.25, -0.2) is 0 Å². The highest BCUT2D eigenvalue weighted by molar-refractivity contribution is 6.04. The molecule has 0 radical (unpaired) electrons. The first-order chi connectivity index (χ1) is 12.3. The molecule has 140 valence electrons. The van der Waals surface area contributed by atoms with E-state index < -0.39 is 0 Å². The Labute approximate surface area is 156 Å². The molecule has 0 aliphatic carbocycles. The van der Waals surface area contributed by atoms with E-state index in [2.05, 4.69) is 43.4 Å². The van der Waals surface area contributed by atoms with E-state index in [1.807, 2.05) is 31.2 Å². The summed E-state index contributed by atoms with van der Waals surface area (Å²) < 4.78 is 16.3. The zero-order valence-electron chi connectivity index (χ0n) is 16.6. The lowest BCUT2D eigenvalue weighted by molar-refractivity contribution is 0.374. The van der Waals surface area contributed by atoms with Crippen LogP contribution in [-0.4, -0.2) is 27.0 Å². The van der Waals surface area contributed by atoms with E-state index in [4.69, 9.17) is 14.2 Å². The molecule has 2 aromatic rings. The van der Waals surface area contributed by atoms with E-state index in [1.165, 1.54) is 5.56 Å². The monoisotopic (exact) mass is 356 g/mol. The van der Waals surface area contributed by atoms with Crippen LogP contribution in [0.25, 0.3) is 0 Å². The number of rotatable bonds is 6. The molecule has 0 bridgehead atoms. The number of nitrogens with one attached hydrogen (secondary N) is 1. The number of hydrogen-bond donors (Lipinski definition) is 1. The number of hydrogen-bond acceptors (Lipinski definition) is 5. The van der Waals surface area contributed by atoms with Crippen LogP contribution in [0.4, 0.5) is 5.69 Å². The standard InChI is InChI=1S/C21H28N2O3/c1-14(20-18(25-6)12-17(24-5)13-19(20)26-7)22-23-16-10-8-15(9-11-16)21(2,3)4/h8-13,23H,1-7H3/b22-14-. The summed E-state index contributed by atoms with van der Waals surface area (Å²) in [6.07, 6.45) is 0. The Morgan fingerprint density at radius 3 is 1.85 bits per heavy atom. The molecule has 1 N–H and O–H groups in total. The number of hydrazone groups is 1. The van der Waals surface area contributed by atoms with E-state index >= 15 is 0 Å². The molecule has 2 rings (SSSR count). The summed E-state index contributed by atoms with van der Waals surface area (Å²) in [7, 11) is 4.84. The first kappa shape index (κ1) is 19.6. The number of anilines is 1. The first-order valence-corrected chi connectivity index (χ1v) is 8.51. The molecule has 2 aromatic carbocycles. The van der Waals surface area contributed by atoms with Crippen LogP contribution in [0, 0.1) is 0 Å². The molecule has 0 saturated carbocycles. The van der Waals surface area contributed by atoms with Gasteiger partial charge in [-0.3, -0.25) is 5.43 Å². The minimum absolute atomic E-state index is 0.127. The van der Waals surface area contributed by atoms with Gasteiger partial charge in [0.1, 0.15) is 17.2 Å². The maximum absolute atomic E-state index is 5.49. The van der Waals surface area contributed by atoms with Gasteiger partial charge >= 0.3 is 0 Å². The molecule has 0 aromatic heterocycles. The molecule has 0 aliphatic heterocycles. The summed E-state index contributed by atoms with van der Waals surface area (Å²) in [5.74, 6) is 1.96. The average molecular weight is 356 g/mol.